The van der Waals surface area contributed by atoms with Crippen LogP contribution in [0.25, 0.3) is 0 Å². The van der Waals surface area contributed by atoms with Crippen LogP contribution in [0, 0.1) is 23.7 Å². The smallest absolute Gasteiger partial charge is 0.187 e. The average Bonchev–Trinajstić information content (AvgIpc) is 3.09. The second-order valence-electron chi connectivity index (χ2n) is 11.0. The van der Waals surface area contributed by atoms with Crippen LogP contribution in [0.15, 0.2) is 12.2 Å². The van der Waals surface area contributed by atoms with Gasteiger partial charge in [-0.15, -0.1) is 0 Å². The van der Waals surface area contributed by atoms with E-state index in [0.717, 1.165) is 19.3 Å². The average molecular weight is 395 g/mol. The Morgan fingerprint density at radius 3 is 2.59 bits per heavy atom. The maximum absolute atomic E-state index is 11.3. The maximum atomic E-state index is 11.3. The standard InChI is InChI=1S/C22H38O4Si/c1-13(2)15-9-8-14(3)18-16-12-21(4,23)17-10-11-22(25-17,26-27(5,6)7)20(24-16)19(15)18/h13,15-20,23H,3,8-12H2,1-2,4-7H3/t15-,16-,17+,18-,19-,20-,21+,22+/m1/s1. The fourth-order valence-corrected chi connectivity index (χ4v) is 7.72. The van der Waals surface area contributed by atoms with Gasteiger partial charge in [-0.1, -0.05) is 26.0 Å². The molecule has 1 N–H and O–H groups in total. The first-order valence-corrected chi connectivity index (χ1v) is 14.3. The predicted octanol–water partition coefficient (Wildman–Crippen LogP) is 4.49. The molecule has 0 unspecified atom stereocenters. The summed E-state index contributed by atoms with van der Waals surface area (Å²) < 4.78 is 20.2. The van der Waals surface area contributed by atoms with Gasteiger partial charge in [0.2, 0.25) is 0 Å². The van der Waals surface area contributed by atoms with Crippen LogP contribution in [0.2, 0.25) is 19.6 Å². The van der Waals surface area contributed by atoms with Gasteiger partial charge < -0.3 is 19.0 Å². The van der Waals surface area contributed by atoms with Crippen molar-refractivity contribution in [2.45, 2.75) is 102 Å². The molecule has 0 aromatic heterocycles. The van der Waals surface area contributed by atoms with E-state index < -0.39 is 19.7 Å². The zero-order chi connectivity index (χ0) is 19.8. The molecule has 27 heavy (non-hydrogen) atoms. The molecule has 154 valence electrons. The second kappa shape index (κ2) is 6.40. The molecule has 0 amide bonds. The summed E-state index contributed by atoms with van der Waals surface area (Å²) in [6.07, 6.45) is 4.34. The van der Waals surface area contributed by atoms with Gasteiger partial charge in [0.15, 0.2) is 14.1 Å². The summed E-state index contributed by atoms with van der Waals surface area (Å²) in [5, 5.41) is 11.3. The van der Waals surface area contributed by atoms with Gasteiger partial charge >= 0.3 is 0 Å². The Labute approximate surface area is 165 Å². The van der Waals surface area contributed by atoms with Crippen molar-refractivity contribution in [2.75, 3.05) is 0 Å². The molecule has 8 atom stereocenters. The Morgan fingerprint density at radius 2 is 1.96 bits per heavy atom. The summed E-state index contributed by atoms with van der Waals surface area (Å²) >= 11 is 0. The summed E-state index contributed by atoms with van der Waals surface area (Å²) in [4.78, 5) is 0. The zero-order valence-corrected chi connectivity index (χ0v) is 19.0. The molecule has 4 bridgehead atoms. The number of hydrogen-bond acceptors (Lipinski definition) is 4. The van der Waals surface area contributed by atoms with E-state index in [1.54, 1.807) is 0 Å². The van der Waals surface area contributed by atoms with Crippen molar-refractivity contribution >= 4 is 8.32 Å². The Kier molecular flexibility index (Phi) is 4.76. The lowest BCUT2D eigenvalue weighted by Gasteiger charge is -2.46. The Balaban J connectivity index is 1.81. The molecule has 0 aromatic carbocycles. The lowest BCUT2D eigenvalue weighted by atomic mass is 9.62. The quantitative estimate of drug-likeness (QED) is 0.566. The van der Waals surface area contributed by atoms with Crippen molar-refractivity contribution in [1.82, 2.24) is 0 Å². The van der Waals surface area contributed by atoms with E-state index in [-0.39, 0.29) is 18.3 Å². The van der Waals surface area contributed by atoms with E-state index >= 15 is 0 Å². The first kappa shape index (κ1) is 20.1. The van der Waals surface area contributed by atoms with E-state index in [4.69, 9.17) is 13.9 Å². The van der Waals surface area contributed by atoms with Gasteiger partial charge in [-0.25, -0.2) is 0 Å². The summed E-state index contributed by atoms with van der Waals surface area (Å²) in [7, 11) is -1.87. The fourth-order valence-electron chi connectivity index (χ4n) is 6.42. The highest BCUT2D eigenvalue weighted by molar-refractivity contribution is 6.69. The van der Waals surface area contributed by atoms with Crippen molar-refractivity contribution in [3.63, 3.8) is 0 Å². The highest BCUT2D eigenvalue weighted by atomic mass is 28.4. The normalized spacial score (nSPS) is 49.9. The third-order valence-electron chi connectivity index (χ3n) is 7.42. The van der Waals surface area contributed by atoms with Crippen molar-refractivity contribution in [2.24, 2.45) is 23.7 Å². The Morgan fingerprint density at radius 1 is 1.26 bits per heavy atom. The molecule has 4 aliphatic rings. The van der Waals surface area contributed by atoms with Crippen LogP contribution in [0.5, 0.6) is 0 Å². The van der Waals surface area contributed by atoms with Gasteiger partial charge in [0, 0.05) is 24.7 Å². The Hall–Kier alpha value is -0.203. The Bertz CT molecular complexity index is 610. The van der Waals surface area contributed by atoms with Crippen LogP contribution in [0.1, 0.15) is 52.9 Å². The zero-order valence-electron chi connectivity index (χ0n) is 18.0. The fraction of sp³-hybridized carbons (Fsp3) is 0.909. The molecule has 4 rings (SSSR count). The van der Waals surface area contributed by atoms with E-state index in [1.165, 1.54) is 12.0 Å². The molecule has 4 fully saturated rings. The van der Waals surface area contributed by atoms with Crippen LogP contribution in [0.3, 0.4) is 0 Å². The van der Waals surface area contributed by atoms with Crippen LogP contribution >= 0.6 is 0 Å². The molecular weight excluding hydrogens is 356 g/mol. The largest absolute Gasteiger partial charge is 0.389 e. The molecule has 0 aromatic rings. The minimum Gasteiger partial charge on any atom is -0.389 e. The van der Waals surface area contributed by atoms with Crippen LogP contribution < -0.4 is 0 Å². The number of aliphatic hydroxyl groups is 1. The maximum Gasteiger partial charge on any atom is 0.187 e. The summed E-state index contributed by atoms with van der Waals surface area (Å²) in [5.74, 6) is 1.16. The number of fused-ring (bicyclic) bond motifs is 8. The molecule has 1 saturated carbocycles. The molecule has 0 radical (unpaired) electrons. The van der Waals surface area contributed by atoms with Gasteiger partial charge in [0.1, 0.15) is 6.10 Å². The lowest BCUT2D eigenvalue weighted by Crippen LogP contribution is -2.57. The van der Waals surface area contributed by atoms with E-state index in [0.29, 0.717) is 30.1 Å². The molecule has 0 spiro atoms. The van der Waals surface area contributed by atoms with E-state index in [1.807, 2.05) is 6.92 Å². The van der Waals surface area contributed by atoms with Crippen molar-refractivity contribution in [3.05, 3.63) is 12.2 Å². The predicted molar refractivity (Wildman–Crippen MR) is 109 cm³/mol. The van der Waals surface area contributed by atoms with Crippen LogP contribution in [0.4, 0.5) is 0 Å². The number of ether oxygens (including phenoxy) is 2. The van der Waals surface area contributed by atoms with Crippen molar-refractivity contribution in [1.29, 1.82) is 0 Å². The van der Waals surface area contributed by atoms with Crippen molar-refractivity contribution in [3.8, 4) is 0 Å². The van der Waals surface area contributed by atoms with Gasteiger partial charge in [-0.3, -0.25) is 0 Å². The first-order valence-electron chi connectivity index (χ1n) is 10.9. The minimum absolute atomic E-state index is 0.0261. The van der Waals surface area contributed by atoms with Gasteiger partial charge in [0.25, 0.3) is 0 Å². The molecule has 5 heteroatoms. The van der Waals surface area contributed by atoms with Crippen molar-refractivity contribution < 1.29 is 19.0 Å². The third-order valence-corrected chi connectivity index (χ3v) is 8.38. The molecule has 3 heterocycles. The van der Waals surface area contributed by atoms with Gasteiger partial charge in [-0.05, 0) is 57.7 Å². The van der Waals surface area contributed by atoms with Gasteiger partial charge in [0.05, 0.1) is 17.8 Å². The topological polar surface area (TPSA) is 47.9 Å². The third kappa shape index (κ3) is 3.27. The molecule has 4 nitrogen and oxygen atoms in total. The summed E-state index contributed by atoms with van der Waals surface area (Å²) in [6.45, 7) is 17.7. The van der Waals surface area contributed by atoms with E-state index in [2.05, 4.69) is 40.1 Å². The van der Waals surface area contributed by atoms with E-state index in [9.17, 15) is 5.11 Å². The molecule has 3 aliphatic heterocycles. The highest BCUT2D eigenvalue weighted by Gasteiger charge is 2.66. The monoisotopic (exact) mass is 394 g/mol. The lowest BCUT2D eigenvalue weighted by molar-refractivity contribution is -0.286. The molecule has 3 saturated heterocycles. The second-order valence-corrected chi connectivity index (χ2v) is 15.5. The number of hydrogen-bond donors (Lipinski definition) is 1. The summed E-state index contributed by atoms with van der Waals surface area (Å²) in [6, 6.07) is 0. The minimum atomic E-state index is -1.87. The van der Waals surface area contributed by atoms with Gasteiger partial charge in [-0.2, -0.15) is 0 Å². The number of rotatable bonds is 3. The highest BCUT2D eigenvalue weighted by Crippen LogP contribution is 2.59. The van der Waals surface area contributed by atoms with Crippen LogP contribution in [-0.2, 0) is 13.9 Å². The molecular formula is C22H38O4Si. The molecule has 1 aliphatic carbocycles. The summed E-state index contributed by atoms with van der Waals surface area (Å²) in [5.41, 5.74) is 0.418. The van der Waals surface area contributed by atoms with Crippen LogP contribution in [-0.4, -0.2) is 43.1 Å². The first-order chi connectivity index (χ1) is 12.4. The SMILES string of the molecule is C=C1CC[C@H](C(C)C)[C@@H]2[C@H]1[C@H]1C[C@](C)(O)[C@@H]3CC[C@@](O[Si](C)(C)C)(O3)[C@@H]2O1.